The maximum absolute atomic E-state index is 12.6. The molecule has 0 N–H and O–H groups in total. The molecule has 4 nitrogen and oxygen atoms in total. The molecule has 0 aliphatic carbocycles. The average molecular weight is 362 g/mol. The molecule has 0 bridgehead atoms. The summed E-state index contributed by atoms with van der Waals surface area (Å²) in [6, 6.07) is 1.87. The molecule has 0 radical (unpaired) electrons. The molecule has 1 aliphatic rings. The molecular weight excluding hydrogens is 351 g/mol. The molecule has 2 aromatic rings. The number of halogens is 4. The summed E-state index contributed by atoms with van der Waals surface area (Å²) in [4.78, 5) is 9.14. The predicted molar refractivity (Wildman–Crippen MR) is 71.3 cm³/mol. The zero-order chi connectivity index (χ0) is 15.0. The molecule has 0 unspecified atom stereocenters. The average Bonchev–Trinajstić information content (AvgIpc) is 2.82. The molecule has 0 atom stereocenters. The van der Waals surface area contributed by atoms with E-state index in [0.29, 0.717) is 31.7 Å². The third kappa shape index (κ3) is 3.26. The van der Waals surface area contributed by atoms with Gasteiger partial charge in [-0.1, -0.05) is 0 Å². The van der Waals surface area contributed by atoms with E-state index in [9.17, 15) is 13.2 Å². The maximum atomic E-state index is 12.6. The Morgan fingerprint density at radius 2 is 2.19 bits per heavy atom. The summed E-state index contributed by atoms with van der Waals surface area (Å²) in [5.74, 6) is -0.261. The standard InChI is InChI=1S/C13H11BrF3N3O/c14-9-3-10(21-7-9)6-20-2-1-11-8(5-20)4-18-12(19-11)13(15,16)17/h3-4,7H,1-2,5-6H2. The third-order valence-corrected chi connectivity index (χ3v) is 3.68. The molecular formula is C13H11BrF3N3O. The molecule has 0 fully saturated rings. The maximum Gasteiger partial charge on any atom is 0.451 e. The summed E-state index contributed by atoms with van der Waals surface area (Å²) in [5, 5.41) is 0. The zero-order valence-corrected chi connectivity index (χ0v) is 12.4. The lowest BCUT2D eigenvalue weighted by molar-refractivity contribution is -0.145. The van der Waals surface area contributed by atoms with Crippen molar-refractivity contribution in [3.63, 3.8) is 0 Å². The molecule has 2 aromatic heterocycles. The van der Waals surface area contributed by atoms with Crippen LogP contribution in [0.5, 0.6) is 0 Å². The Hall–Kier alpha value is -1.41. The number of aromatic nitrogens is 2. The smallest absolute Gasteiger partial charge is 0.451 e. The lowest BCUT2D eigenvalue weighted by atomic mass is 10.1. The molecule has 3 heterocycles. The minimum atomic E-state index is -4.49. The summed E-state index contributed by atoms with van der Waals surface area (Å²) >= 11 is 3.31. The molecule has 3 rings (SSSR count). The topological polar surface area (TPSA) is 42.2 Å². The van der Waals surface area contributed by atoms with Crippen LogP contribution in [0.25, 0.3) is 0 Å². The van der Waals surface area contributed by atoms with Crippen molar-refractivity contribution < 1.29 is 17.6 Å². The normalized spacial score (nSPS) is 16.0. The van der Waals surface area contributed by atoms with Crippen LogP contribution in [-0.4, -0.2) is 21.4 Å². The van der Waals surface area contributed by atoms with Crippen LogP contribution >= 0.6 is 15.9 Å². The highest BCUT2D eigenvalue weighted by Crippen LogP contribution is 2.28. The van der Waals surface area contributed by atoms with Crippen LogP contribution in [0, 0.1) is 0 Å². The highest BCUT2D eigenvalue weighted by molar-refractivity contribution is 9.10. The molecule has 1 aliphatic heterocycles. The zero-order valence-electron chi connectivity index (χ0n) is 10.8. The van der Waals surface area contributed by atoms with Gasteiger partial charge in [-0.05, 0) is 22.0 Å². The Kier molecular flexibility index (Phi) is 3.75. The summed E-state index contributed by atoms with van der Waals surface area (Å²) in [5.41, 5.74) is 1.22. The van der Waals surface area contributed by atoms with Gasteiger partial charge in [0.25, 0.3) is 0 Å². The number of nitrogens with zero attached hydrogens (tertiary/aromatic N) is 3. The van der Waals surface area contributed by atoms with Crippen molar-refractivity contribution in [3.8, 4) is 0 Å². The van der Waals surface area contributed by atoms with Gasteiger partial charge in [0.2, 0.25) is 5.82 Å². The van der Waals surface area contributed by atoms with E-state index in [2.05, 4.69) is 30.8 Å². The minimum Gasteiger partial charge on any atom is -0.467 e. The second-order valence-electron chi connectivity index (χ2n) is 4.86. The van der Waals surface area contributed by atoms with Crippen LogP contribution in [0.1, 0.15) is 22.8 Å². The fraction of sp³-hybridized carbons (Fsp3) is 0.385. The van der Waals surface area contributed by atoms with Gasteiger partial charge in [-0.15, -0.1) is 0 Å². The number of hydrogen-bond donors (Lipinski definition) is 0. The van der Waals surface area contributed by atoms with Gasteiger partial charge in [0, 0.05) is 31.3 Å². The van der Waals surface area contributed by atoms with E-state index in [1.54, 1.807) is 6.26 Å². The number of hydrogen-bond acceptors (Lipinski definition) is 4. The van der Waals surface area contributed by atoms with Crippen LogP contribution in [0.2, 0.25) is 0 Å². The van der Waals surface area contributed by atoms with E-state index in [0.717, 1.165) is 15.8 Å². The fourth-order valence-corrected chi connectivity index (χ4v) is 2.65. The Balaban J connectivity index is 1.74. The van der Waals surface area contributed by atoms with Crippen molar-refractivity contribution in [2.45, 2.75) is 25.7 Å². The summed E-state index contributed by atoms with van der Waals surface area (Å²) in [6.07, 6.45) is -1.14. The Bertz CT molecular complexity index is 656. The molecule has 112 valence electrons. The second-order valence-corrected chi connectivity index (χ2v) is 5.77. The van der Waals surface area contributed by atoms with Gasteiger partial charge in [-0.25, -0.2) is 9.97 Å². The molecule has 0 spiro atoms. The van der Waals surface area contributed by atoms with Crippen LogP contribution < -0.4 is 0 Å². The van der Waals surface area contributed by atoms with Crippen LogP contribution in [0.15, 0.2) is 27.4 Å². The van der Waals surface area contributed by atoms with Gasteiger partial charge in [-0.3, -0.25) is 4.90 Å². The van der Waals surface area contributed by atoms with Gasteiger partial charge in [0.05, 0.1) is 16.7 Å². The lowest BCUT2D eigenvalue weighted by Gasteiger charge is -2.27. The van der Waals surface area contributed by atoms with E-state index in [1.807, 2.05) is 6.07 Å². The van der Waals surface area contributed by atoms with E-state index < -0.39 is 12.0 Å². The van der Waals surface area contributed by atoms with Crippen molar-refractivity contribution in [1.29, 1.82) is 0 Å². The number of rotatable bonds is 2. The van der Waals surface area contributed by atoms with Crippen LogP contribution in [0.4, 0.5) is 13.2 Å². The first-order valence-electron chi connectivity index (χ1n) is 6.29. The number of fused-ring (bicyclic) bond motifs is 1. The lowest BCUT2D eigenvalue weighted by Crippen LogP contribution is -2.31. The molecule has 8 heteroatoms. The van der Waals surface area contributed by atoms with Crippen molar-refractivity contribution >= 4 is 15.9 Å². The first-order chi connectivity index (χ1) is 9.91. The highest BCUT2D eigenvalue weighted by Gasteiger charge is 2.35. The monoisotopic (exact) mass is 361 g/mol. The van der Waals surface area contributed by atoms with Gasteiger partial charge in [0.15, 0.2) is 0 Å². The Morgan fingerprint density at radius 3 is 2.86 bits per heavy atom. The summed E-state index contributed by atoms with van der Waals surface area (Å²) < 4.78 is 43.9. The first kappa shape index (κ1) is 14.5. The quantitative estimate of drug-likeness (QED) is 0.821. The fourth-order valence-electron chi connectivity index (χ4n) is 2.30. The molecule has 0 amide bonds. The van der Waals surface area contributed by atoms with E-state index in [-0.39, 0.29) is 0 Å². The van der Waals surface area contributed by atoms with Crippen molar-refractivity contribution in [3.05, 3.63) is 45.8 Å². The first-order valence-corrected chi connectivity index (χ1v) is 7.08. The minimum absolute atomic E-state index is 0.475. The third-order valence-electron chi connectivity index (χ3n) is 3.27. The van der Waals surface area contributed by atoms with E-state index >= 15 is 0 Å². The van der Waals surface area contributed by atoms with Gasteiger partial charge in [-0.2, -0.15) is 13.2 Å². The van der Waals surface area contributed by atoms with Crippen LogP contribution in [0.3, 0.4) is 0 Å². The van der Waals surface area contributed by atoms with Gasteiger partial charge >= 0.3 is 6.18 Å². The van der Waals surface area contributed by atoms with Gasteiger partial charge < -0.3 is 4.42 Å². The molecule has 21 heavy (non-hydrogen) atoms. The number of alkyl halides is 3. The van der Waals surface area contributed by atoms with Crippen LogP contribution in [-0.2, 0) is 25.7 Å². The molecule has 0 saturated heterocycles. The summed E-state index contributed by atoms with van der Waals surface area (Å²) in [6.45, 7) is 1.76. The Labute approximate surface area is 127 Å². The second kappa shape index (κ2) is 5.42. The highest BCUT2D eigenvalue weighted by atomic mass is 79.9. The molecule has 0 saturated carbocycles. The van der Waals surface area contributed by atoms with Crippen molar-refractivity contribution in [1.82, 2.24) is 14.9 Å². The number of furan rings is 1. The Morgan fingerprint density at radius 1 is 1.38 bits per heavy atom. The molecule has 0 aromatic carbocycles. The van der Waals surface area contributed by atoms with E-state index in [1.165, 1.54) is 6.20 Å². The van der Waals surface area contributed by atoms with Crippen molar-refractivity contribution in [2.24, 2.45) is 0 Å². The van der Waals surface area contributed by atoms with Crippen molar-refractivity contribution in [2.75, 3.05) is 6.54 Å². The predicted octanol–water partition coefficient (Wildman–Crippen LogP) is 3.41. The van der Waals surface area contributed by atoms with E-state index in [4.69, 9.17) is 4.42 Å². The summed E-state index contributed by atoms with van der Waals surface area (Å²) in [7, 11) is 0. The largest absolute Gasteiger partial charge is 0.467 e. The van der Waals surface area contributed by atoms with Gasteiger partial charge in [0.1, 0.15) is 12.0 Å². The SMILES string of the molecule is FC(F)(F)c1ncc2c(n1)CCN(Cc1cc(Br)co1)C2.